The second-order valence-corrected chi connectivity index (χ2v) is 3.88. The smallest absolute Gasteiger partial charge is 0.263 e. The van der Waals surface area contributed by atoms with Crippen molar-refractivity contribution in [2.75, 3.05) is 20.3 Å². The van der Waals surface area contributed by atoms with Crippen LogP contribution in [0.15, 0.2) is 0 Å². The molecule has 2 amide bonds. The van der Waals surface area contributed by atoms with Crippen LogP contribution in [0.3, 0.4) is 0 Å². The zero-order valence-corrected chi connectivity index (χ0v) is 9.59. The Hall–Kier alpha value is -1.62. The van der Waals surface area contributed by atoms with E-state index in [1.807, 2.05) is 0 Å². The number of aromatic nitrogens is 1. The summed E-state index contributed by atoms with van der Waals surface area (Å²) in [6, 6.07) is 0. The molecule has 1 N–H and O–H groups in total. The van der Waals surface area contributed by atoms with Crippen molar-refractivity contribution in [1.82, 2.24) is 9.88 Å². The highest BCUT2D eigenvalue weighted by atomic mass is 16.5. The molecule has 2 heterocycles. The molecular weight excluding hydrogens is 208 g/mol. The Labute approximate surface area is 93.4 Å². The Balaban J connectivity index is 2.37. The van der Waals surface area contributed by atoms with Gasteiger partial charge in [-0.05, 0) is 13.8 Å². The van der Waals surface area contributed by atoms with Gasteiger partial charge in [0.05, 0.1) is 24.3 Å². The van der Waals surface area contributed by atoms with E-state index in [0.29, 0.717) is 24.3 Å². The fraction of sp³-hybridized carbons (Fsp3) is 0.455. The van der Waals surface area contributed by atoms with Gasteiger partial charge in [-0.25, -0.2) is 0 Å². The summed E-state index contributed by atoms with van der Waals surface area (Å²) in [5.74, 6) is -0.446. The maximum absolute atomic E-state index is 12.0. The lowest BCUT2D eigenvalue weighted by atomic mass is 10.1. The van der Waals surface area contributed by atoms with Crippen molar-refractivity contribution in [3.05, 3.63) is 22.5 Å². The molecule has 0 atom stereocenters. The standard InChI is InChI=1S/C11H14N2O3/c1-6-8-9(7(2)12-6)11(15)13(10(8)14)4-5-16-3/h12H,4-5H2,1-3H3. The molecule has 16 heavy (non-hydrogen) atoms. The molecule has 86 valence electrons. The van der Waals surface area contributed by atoms with E-state index in [9.17, 15) is 9.59 Å². The van der Waals surface area contributed by atoms with Gasteiger partial charge in [0, 0.05) is 18.5 Å². The third kappa shape index (κ3) is 1.36. The number of methoxy groups -OCH3 is 1. The van der Waals surface area contributed by atoms with Gasteiger partial charge in [-0.2, -0.15) is 0 Å². The van der Waals surface area contributed by atoms with Gasteiger partial charge >= 0.3 is 0 Å². The molecule has 1 aromatic rings. The lowest BCUT2D eigenvalue weighted by molar-refractivity contribution is 0.0602. The van der Waals surface area contributed by atoms with E-state index >= 15 is 0 Å². The van der Waals surface area contributed by atoms with Crippen molar-refractivity contribution in [3.63, 3.8) is 0 Å². The fourth-order valence-electron chi connectivity index (χ4n) is 2.06. The normalized spacial score (nSPS) is 14.8. The van der Waals surface area contributed by atoms with Crippen molar-refractivity contribution < 1.29 is 14.3 Å². The van der Waals surface area contributed by atoms with Crippen LogP contribution >= 0.6 is 0 Å². The molecular formula is C11H14N2O3. The molecule has 0 aliphatic carbocycles. The number of aryl methyl sites for hydroxylation is 2. The highest BCUT2D eigenvalue weighted by molar-refractivity contribution is 6.22. The summed E-state index contributed by atoms with van der Waals surface area (Å²) in [6.45, 7) is 4.28. The zero-order valence-electron chi connectivity index (χ0n) is 9.59. The van der Waals surface area contributed by atoms with Crippen LogP contribution in [-0.2, 0) is 4.74 Å². The lowest BCUT2D eigenvalue weighted by Crippen LogP contribution is -2.33. The number of rotatable bonds is 3. The van der Waals surface area contributed by atoms with Crippen molar-refractivity contribution in [2.45, 2.75) is 13.8 Å². The van der Waals surface area contributed by atoms with Gasteiger partial charge < -0.3 is 9.72 Å². The lowest BCUT2D eigenvalue weighted by Gasteiger charge is -2.13. The summed E-state index contributed by atoms with van der Waals surface area (Å²) in [5, 5.41) is 0. The first-order valence-corrected chi connectivity index (χ1v) is 5.12. The molecule has 1 aliphatic heterocycles. The van der Waals surface area contributed by atoms with Gasteiger partial charge in [0.1, 0.15) is 0 Å². The third-order valence-corrected chi connectivity index (χ3v) is 2.81. The minimum atomic E-state index is -0.223. The van der Waals surface area contributed by atoms with Gasteiger partial charge in [-0.1, -0.05) is 0 Å². The first-order chi connectivity index (χ1) is 7.57. The van der Waals surface area contributed by atoms with Crippen molar-refractivity contribution >= 4 is 11.8 Å². The van der Waals surface area contributed by atoms with E-state index in [-0.39, 0.29) is 11.8 Å². The molecule has 0 aromatic carbocycles. The van der Waals surface area contributed by atoms with Crippen molar-refractivity contribution in [1.29, 1.82) is 0 Å². The van der Waals surface area contributed by atoms with Gasteiger partial charge in [0.2, 0.25) is 0 Å². The molecule has 0 radical (unpaired) electrons. The summed E-state index contributed by atoms with van der Waals surface area (Å²) in [4.78, 5) is 28.2. The molecule has 0 saturated carbocycles. The molecule has 1 aromatic heterocycles. The predicted octanol–water partition coefficient (Wildman–Crippen LogP) is 0.874. The number of imide groups is 1. The van der Waals surface area contributed by atoms with E-state index in [4.69, 9.17) is 4.74 Å². The molecule has 0 spiro atoms. The van der Waals surface area contributed by atoms with Crippen LogP contribution in [0.25, 0.3) is 0 Å². The summed E-state index contributed by atoms with van der Waals surface area (Å²) in [7, 11) is 1.54. The number of H-pyrrole nitrogens is 1. The second kappa shape index (κ2) is 3.75. The Bertz CT molecular complexity index is 426. The Morgan fingerprint density at radius 2 is 1.62 bits per heavy atom. The number of fused-ring (bicyclic) bond motifs is 1. The van der Waals surface area contributed by atoms with E-state index in [1.165, 1.54) is 4.90 Å². The molecule has 0 fully saturated rings. The van der Waals surface area contributed by atoms with Crippen LogP contribution in [0.2, 0.25) is 0 Å². The molecule has 5 heteroatoms. The number of carbonyl (C=O) groups is 2. The molecule has 1 aliphatic rings. The Morgan fingerprint density at radius 3 is 2.06 bits per heavy atom. The Morgan fingerprint density at radius 1 is 1.12 bits per heavy atom. The van der Waals surface area contributed by atoms with Gasteiger partial charge in [-0.3, -0.25) is 14.5 Å². The number of hydrogen-bond acceptors (Lipinski definition) is 3. The minimum Gasteiger partial charge on any atom is -0.383 e. The van der Waals surface area contributed by atoms with Crippen LogP contribution in [0, 0.1) is 13.8 Å². The molecule has 0 unspecified atom stereocenters. The SMILES string of the molecule is COCCN1C(=O)c2c(C)[nH]c(C)c2C1=O. The summed E-state index contributed by atoms with van der Waals surface area (Å²) in [5.41, 5.74) is 2.54. The zero-order chi connectivity index (χ0) is 11.9. The maximum atomic E-state index is 12.0. The number of nitrogens with zero attached hydrogens (tertiary/aromatic N) is 1. The molecule has 5 nitrogen and oxygen atoms in total. The van der Waals surface area contributed by atoms with Crippen LogP contribution in [0.4, 0.5) is 0 Å². The topological polar surface area (TPSA) is 62.4 Å². The fourth-order valence-corrected chi connectivity index (χ4v) is 2.06. The number of hydrogen-bond donors (Lipinski definition) is 1. The first-order valence-electron chi connectivity index (χ1n) is 5.12. The molecule has 0 saturated heterocycles. The highest BCUT2D eigenvalue weighted by Gasteiger charge is 2.39. The van der Waals surface area contributed by atoms with E-state index in [2.05, 4.69) is 4.98 Å². The van der Waals surface area contributed by atoms with Gasteiger partial charge in [-0.15, -0.1) is 0 Å². The second-order valence-electron chi connectivity index (χ2n) is 3.88. The van der Waals surface area contributed by atoms with E-state index < -0.39 is 0 Å². The predicted molar refractivity (Wildman–Crippen MR) is 57.5 cm³/mol. The number of nitrogens with one attached hydrogen (secondary N) is 1. The maximum Gasteiger partial charge on any atom is 0.263 e. The average Bonchev–Trinajstić information content (AvgIpc) is 2.65. The Kier molecular flexibility index (Phi) is 2.55. The van der Waals surface area contributed by atoms with Crippen LogP contribution in [0.1, 0.15) is 32.1 Å². The number of aromatic amines is 1. The van der Waals surface area contributed by atoms with Crippen molar-refractivity contribution in [3.8, 4) is 0 Å². The van der Waals surface area contributed by atoms with Gasteiger partial charge in [0.15, 0.2) is 0 Å². The summed E-state index contributed by atoms with van der Waals surface area (Å²) >= 11 is 0. The molecule has 0 bridgehead atoms. The minimum absolute atomic E-state index is 0.223. The van der Waals surface area contributed by atoms with Crippen molar-refractivity contribution in [2.24, 2.45) is 0 Å². The number of amides is 2. The summed E-state index contributed by atoms with van der Waals surface area (Å²) < 4.78 is 4.88. The number of ether oxygens (including phenoxy) is 1. The highest BCUT2D eigenvalue weighted by Crippen LogP contribution is 2.28. The largest absolute Gasteiger partial charge is 0.383 e. The monoisotopic (exact) mass is 222 g/mol. The first kappa shape index (κ1) is 10.9. The number of carbonyl (C=O) groups excluding carboxylic acids is 2. The summed E-state index contributed by atoms with van der Waals surface area (Å²) in [6.07, 6.45) is 0. The van der Waals surface area contributed by atoms with Gasteiger partial charge in [0.25, 0.3) is 11.8 Å². The molecule has 2 rings (SSSR count). The quantitative estimate of drug-likeness (QED) is 0.772. The van der Waals surface area contributed by atoms with Crippen LogP contribution in [0.5, 0.6) is 0 Å². The van der Waals surface area contributed by atoms with E-state index in [0.717, 1.165) is 11.4 Å². The average molecular weight is 222 g/mol. The third-order valence-electron chi connectivity index (χ3n) is 2.81. The van der Waals surface area contributed by atoms with Crippen LogP contribution in [-0.4, -0.2) is 42.0 Å². The van der Waals surface area contributed by atoms with Crippen LogP contribution < -0.4 is 0 Å². The van der Waals surface area contributed by atoms with E-state index in [1.54, 1.807) is 21.0 Å².